The van der Waals surface area contributed by atoms with Crippen molar-refractivity contribution in [2.75, 3.05) is 25.0 Å². The van der Waals surface area contributed by atoms with E-state index in [1.54, 1.807) is 0 Å². The summed E-state index contributed by atoms with van der Waals surface area (Å²) in [6, 6.07) is 13.6. The van der Waals surface area contributed by atoms with Crippen LogP contribution in [0.2, 0.25) is 0 Å². The molecule has 0 atom stereocenters. The first-order valence-corrected chi connectivity index (χ1v) is 10.6. The van der Waals surface area contributed by atoms with Crippen LogP contribution in [0.4, 0.5) is 0 Å². The van der Waals surface area contributed by atoms with E-state index >= 15 is 0 Å². The van der Waals surface area contributed by atoms with Crippen molar-refractivity contribution in [2.24, 2.45) is 0 Å². The van der Waals surface area contributed by atoms with Gasteiger partial charge in [0, 0.05) is 11.1 Å². The van der Waals surface area contributed by atoms with Crippen molar-refractivity contribution in [3.8, 4) is 0 Å². The van der Waals surface area contributed by atoms with E-state index in [2.05, 4.69) is 61.4 Å². The van der Waals surface area contributed by atoms with Gasteiger partial charge in [0.25, 0.3) is 0 Å². The van der Waals surface area contributed by atoms with Crippen molar-refractivity contribution < 1.29 is 0 Å². The summed E-state index contributed by atoms with van der Waals surface area (Å²) in [5.41, 5.74) is 3.02. The molecule has 0 heterocycles. The minimum absolute atomic E-state index is 0.462. The number of fused-ring (bicyclic) bond motifs is 1. The van der Waals surface area contributed by atoms with Crippen molar-refractivity contribution >= 4 is 32.6 Å². The summed E-state index contributed by atoms with van der Waals surface area (Å²) in [6.07, 6.45) is 9.27. The Morgan fingerprint density at radius 1 is 0.667 bits per heavy atom. The molecule has 2 aromatic rings. The van der Waals surface area contributed by atoms with Crippen LogP contribution in [0.1, 0.15) is 11.1 Å². The minimum atomic E-state index is 0.462. The Morgan fingerprint density at radius 3 is 1.39 bits per heavy atom. The molecule has 0 radical (unpaired) electrons. The maximum Gasteiger partial charge on any atom is 0.133 e. The standard InChI is InChI=1S/C16H22S2/c1-17(2)11-13-9-10-14(12-18(3)4)16-8-6-5-7-15(13)16/h5-10H,11-12H2,1-4H3/q+2. The Labute approximate surface area is 116 Å². The average molecular weight is 278 g/mol. The van der Waals surface area contributed by atoms with Gasteiger partial charge in [0.05, 0.1) is 25.0 Å². The van der Waals surface area contributed by atoms with E-state index in [1.807, 2.05) is 0 Å². The predicted molar refractivity (Wildman–Crippen MR) is 89.8 cm³/mol. The predicted octanol–water partition coefficient (Wildman–Crippen LogP) is 3.60. The first kappa shape index (κ1) is 13.8. The van der Waals surface area contributed by atoms with E-state index in [9.17, 15) is 0 Å². The van der Waals surface area contributed by atoms with Crippen LogP contribution >= 0.6 is 0 Å². The molecule has 2 heteroatoms. The molecule has 0 N–H and O–H groups in total. The normalized spacial score (nSPS) is 11.7. The summed E-state index contributed by atoms with van der Waals surface area (Å²) in [4.78, 5) is 0. The second-order valence-corrected chi connectivity index (χ2v) is 9.71. The molecule has 18 heavy (non-hydrogen) atoms. The SMILES string of the molecule is C[S+](C)Cc1ccc(C[S+](C)C)c2ccccc12. The number of benzene rings is 2. The molecule has 0 saturated carbocycles. The zero-order chi connectivity index (χ0) is 13.1. The van der Waals surface area contributed by atoms with Crippen molar-refractivity contribution in [1.82, 2.24) is 0 Å². The fourth-order valence-corrected chi connectivity index (χ4v) is 4.05. The van der Waals surface area contributed by atoms with Gasteiger partial charge in [-0.3, -0.25) is 0 Å². The van der Waals surface area contributed by atoms with Crippen LogP contribution in [0, 0.1) is 0 Å². The van der Waals surface area contributed by atoms with Crippen molar-refractivity contribution in [3.05, 3.63) is 47.5 Å². The molecule has 0 spiro atoms. The van der Waals surface area contributed by atoms with Crippen LogP contribution in [0.3, 0.4) is 0 Å². The lowest BCUT2D eigenvalue weighted by molar-refractivity contribution is 1.39. The van der Waals surface area contributed by atoms with Gasteiger partial charge in [-0.05, 0) is 32.6 Å². The molecular weight excluding hydrogens is 256 g/mol. The monoisotopic (exact) mass is 278 g/mol. The van der Waals surface area contributed by atoms with Gasteiger partial charge in [-0.15, -0.1) is 0 Å². The molecule has 0 aliphatic rings. The second kappa shape index (κ2) is 6.03. The number of rotatable bonds is 4. The number of hydrogen-bond donors (Lipinski definition) is 0. The summed E-state index contributed by atoms with van der Waals surface area (Å²) >= 11 is 0. The van der Waals surface area contributed by atoms with Gasteiger partial charge in [-0.1, -0.05) is 36.4 Å². The molecule has 0 amide bonds. The molecular formula is C16H22S2+2. The molecule has 96 valence electrons. The van der Waals surface area contributed by atoms with Crippen LogP contribution in [-0.2, 0) is 33.3 Å². The lowest BCUT2D eigenvalue weighted by Crippen LogP contribution is -2.03. The molecule has 0 aliphatic heterocycles. The Morgan fingerprint density at radius 2 is 1.06 bits per heavy atom. The summed E-state index contributed by atoms with van der Waals surface area (Å²) in [5.74, 6) is 2.40. The first-order chi connectivity index (χ1) is 8.58. The molecule has 0 saturated heterocycles. The summed E-state index contributed by atoms with van der Waals surface area (Å²) in [5, 5.41) is 2.92. The largest absolute Gasteiger partial charge is 0.133 e. The molecule has 0 bridgehead atoms. The summed E-state index contributed by atoms with van der Waals surface area (Å²) < 4.78 is 0. The second-order valence-electron chi connectivity index (χ2n) is 5.19. The van der Waals surface area contributed by atoms with Crippen LogP contribution < -0.4 is 0 Å². The van der Waals surface area contributed by atoms with Crippen LogP contribution in [0.5, 0.6) is 0 Å². The van der Waals surface area contributed by atoms with E-state index in [-0.39, 0.29) is 0 Å². The van der Waals surface area contributed by atoms with Gasteiger partial charge in [-0.2, -0.15) is 0 Å². The van der Waals surface area contributed by atoms with E-state index in [4.69, 9.17) is 0 Å². The van der Waals surface area contributed by atoms with E-state index in [0.717, 1.165) is 0 Å². The topological polar surface area (TPSA) is 0 Å². The Hall–Kier alpha value is -0.600. The van der Waals surface area contributed by atoms with E-state index in [1.165, 1.54) is 33.4 Å². The average Bonchev–Trinajstić information content (AvgIpc) is 2.31. The van der Waals surface area contributed by atoms with Gasteiger partial charge in [0.15, 0.2) is 0 Å². The smallest absolute Gasteiger partial charge is 0.0616 e. The van der Waals surface area contributed by atoms with E-state index < -0.39 is 0 Å². The third kappa shape index (κ3) is 3.24. The Bertz CT molecular complexity index is 481. The highest BCUT2D eigenvalue weighted by atomic mass is 32.2. The lowest BCUT2D eigenvalue weighted by Gasteiger charge is -2.09. The van der Waals surface area contributed by atoms with Crippen LogP contribution in [-0.4, -0.2) is 25.0 Å². The molecule has 0 unspecified atom stereocenters. The third-order valence-electron chi connectivity index (χ3n) is 2.99. The molecule has 2 rings (SSSR count). The Balaban J connectivity index is 2.51. The summed E-state index contributed by atoms with van der Waals surface area (Å²) in [6.45, 7) is 0. The highest BCUT2D eigenvalue weighted by Gasteiger charge is 2.13. The van der Waals surface area contributed by atoms with Crippen molar-refractivity contribution in [1.29, 1.82) is 0 Å². The van der Waals surface area contributed by atoms with Gasteiger partial charge >= 0.3 is 0 Å². The molecule has 0 fully saturated rings. The maximum atomic E-state index is 2.34. The maximum absolute atomic E-state index is 2.34. The fourth-order valence-electron chi connectivity index (χ4n) is 2.30. The first-order valence-electron chi connectivity index (χ1n) is 6.16. The summed E-state index contributed by atoms with van der Waals surface area (Å²) in [7, 11) is 0.924. The lowest BCUT2D eigenvalue weighted by atomic mass is 10.0. The molecule has 0 aromatic heterocycles. The fraction of sp³-hybridized carbons (Fsp3) is 0.375. The van der Waals surface area contributed by atoms with Gasteiger partial charge in [0.1, 0.15) is 11.5 Å². The minimum Gasteiger partial charge on any atom is -0.0616 e. The van der Waals surface area contributed by atoms with Crippen molar-refractivity contribution in [2.45, 2.75) is 11.5 Å². The highest BCUT2D eigenvalue weighted by molar-refractivity contribution is 7.95. The van der Waals surface area contributed by atoms with Crippen LogP contribution in [0.15, 0.2) is 36.4 Å². The van der Waals surface area contributed by atoms with Crippen LogP contribution in [0.25, 0.3) is 10.8 Å². The van der Waals surface area contributed by atoms with Gasteiger partial charge in [-0.25, -0.2) is 0 Å². The molecule has 0 nitrogen and oxygen atoms in total. The number of hydrogen-bond acceptors (Lipinski definition) is 0. The zero-order valence-corrected chi connectivity index (χ0v) is 13.3. The molecule has 2 aromatic carbocycles. The van der Waals surface area contributed by atoms with Gasteiger partial charge < -0.3 is 0 Å². The molecule has 0 aliphatic carbocycles. The zero-order valence-electron chi connectivity index (χ0n) is 11.7. The van der Waals surface area contributed by atoms with E-state index in [0.29, 0.717) is 21.8 Å². The van der Waals surface area contributed by atoms with Crippen molar-refractivity contribution in [3.63, 3.8) is 0 Å². The Kier molecular flexibility index (Phi) is 4.63. The quantitative estimate of drug-likeness (QED) is 0.750. The highest BCUT2D eigenvalue weighted by Crippen LogP contribution is 2.25. The van der Waals surface area contributed by atoms with Gasteiger partial charge in [0.2, 0.25) is 0 Å². The third-order valence-corrected chi connectivity index (χ3v) is 4.77.